The molecule has 0 saturated carbocycles. The minimum Gasteiger partial charge on any atom is -0.310 e. The highest BCUT2D eigenvalue weighted by Gasteiger charge is 2.38. The molecule has 0 atom stereocenters. The lowest BCUT2D eigenvalue weighted by molar-refractivity contribution is 0.627. The molecule has 1 aliphatic carbocycles. The Bertz CT molecular complexity index is 2960. The van der Waals surface area contributed by atoms with Crippen LogP contribution in [0.5, 0.6) is 0 Å². The van der Waals surface area contributed by atoms with E-state index < -0.39 is 5.41 Å². The summed E-state index contributed by atoms with van der Waals surface area (Å²) in [5, 5.41) is 6.73. The molecule has 0 fully saturated rings. The van der Waals surface area contributed by atoms with Gasteiger partial charge >= 0.3 is 0 Å². The van der Waals surface area contributed by atoms with Gasteiger partial charge in [-0.1, -0.05) is 117 Å². The van der Waals surface area contributed by atoms with Crippen molar-refractivity contribution in [2.45, 2.75) is 19.3 Å². The van der Waals surface area contributed by atoms with Crippen LogP contribution in [-0.2, 0) is 5.41 Å². The zero-order chi connectivity index (χ0) is 37.3. The van der Waals surface area contributed by atoms with Crippen molar-refractivity contribution in [3.05, 3.63) is 205 Å². The van der Waals surface area contributed by atoms with Crippen molar-refractivity contribution in [3.63, 3.8) is 0 Å². The number of anilines is 6. The Kier molecular flexibility index (Phi) is 7.57. The van der Waals surface area contributed by atoms with Crippen LogP contribution in [0.4, 0.5) is 42.9 Å². The van der Waals surface area contributed by atoms with Gasteiger partial charge in [-0.15, -0.1) is 0 Å². The van der Waals surface area contributed by atoms with E-state index in [1.807, 2.05) is 36.4 Å². The van der Waals surface area contributed by atoms with Gasteiger partial charge in [0.25, 0.3) is 0 Å². The van der Waals surface area contributed by atoms with Gasteiger partial charge in [-0.2, -0.15) is 0 Å². The summed E-state index contributed by atoms with van der Waals surface area (Å²) in [4.78, 5) is 4.33. The Balaban J connectivity index is 1.18. The Morgan fingerprint density at radius 1 is 0.382 bits per heavy atom. The van der Waals surface area contributed by atoms with Gasteiger partial charge in [0.1, 0.15) is 11.6 Å². The summed E-state index contributed by atoms with van der Waals surface area (Å²) >= 11 is 0. The average molecular weight is 715 g/mol. The lowest BCUT2D eigenvalue weighted by atomic mass is 9.81. The molecule has 0 bridgehead atoms. The third kappa shape index (κ3) is 5.44. The Hall–Kier alpha value is -6.78. The van der Waals surface area contributed by atoms with Gasteiger partial charge in [0.05, 0.1) is 5.69 Å². The van der Waals surface area contributed by atoms with Gasteiger partial charge in [0.2, 0.25) is 0 Å². The predicted molar refractivity (Wildman–Crippen MR) is 226 cm³/mol. The van der Waals surface area contributed by atoms with Crippen LogP contribution in [0.3, 0.4) is 0 Å². The summed E-state index contributed by atoms with van der Waals surface area (Å²) in [5.74, 6) is -0.575. The Labute approximate surface area is 319 Å². The van der Waals surface area contributed by atoms with E-state index in [4.69, 9.17) is 0 Å². The van der Waals surface area contributed by atoms with Crippen LogP contribution in [-0.4, -0.2) is 0 Å². The van der Waals surface area contributed by atoms with Gasteiger partial charge in [0, 0.05) is 39.2 Å². The first-order chi connectivity index (χ1) is 26.8. The molecule has 0 radical (unpaired) electrons. The van der Waals surface area contributed by atoms with E-state index >= 15 is 4.39 Å². The van der Waals surface area contributed by atoms with Crippen molar-refractivity contribution in [1.29, 1.82) is 0 Å². The highest BCUT2D eigenvalue weighted by molar-refractivity contribution is 6.10. The zero-order valence-electron chi connectivity index (χ0n) is 30.5. The number of fused-ring (bicyclic) bond motifs is 7. The van der Waals surface area contributed by atoms with E-state index in [2.05, 4.69) is 133 Å². The van der Waals surface area contributed by atoms with Crippen molar-refractivity contribution < 1.29 is 8.78 Å². The molecule has 0 spiro atoms. The molecule has 9 aromatic carbocycles. The maximum absolute atomic E-state index is 15.0. The van der Waals surface area contributed by atoms with Crippen molar-refractivity contribution in [3.8, 4) is 11.1 Å². The molecule has 0 heterocycles. The molecule has 1 aliphatic rings. The SMILES string of the molecule is CC1(C)c2cc(N(c3cccc(F)c3)c3ccc4ccccc4c3)ccc2-c2c1cc(N(c1cccc(F)c1)c1ccc3ccccc3c1)c1ccccc21. The molecule has 55 heavy (non-hydrogen) atoms. The van der Waals surface area contributed by atoms with Crippen LogP contribution >= 0.6 is 0 Å². The van der Waals surface area contributed by atoms with Gasteiger partial charge in [-0.05, 0) is 128 Å². The van der Waals surface area contributed by atoms with Crippen molar-refractivity contribution in [1.82, 2.24) is 0 Å². The highest BCUT2D eigenvalue weighted by atomic mass is 19.1. The minimum atomic E-state index is -0.409. The number of rotatable bonds is 6. The number of nitrogens with zero attached hydrogens (tertiary/aromatic N) is 2. The number of halogens is 2. The second-order valence-corrected chi connectivity index (χ2v) is 14.9. The van der Waals surface area contributed by atoms with E-state index in [0.29, 0.717) is 0 Å². The molecule has 0 N–H and O–H groups in total. The smallest absolute Gasteiger partial charge is 0.125 e. The minimum absolute atomic E-state index is 0.287. The molecule has 0 aliphatic heterocycles. The second-order valence-electron chi connectivity index (χ2n) is 14.9. The van der Waals surface area contributed by atoms with Crippen LogP contribution in [0, 0.1) is 11.6 Å². The Morgan fingerprint density at radius 2 is 0.873 bits per heavy atom. The summed E-state index contributed by atoms with van der Waals surface area (Å²) < 4.78 is 29.9. The van der Waals surface area contributed by atoms with Gasteiger partial charge in [-0.25, -0.2) is 8.78 Å². The first-order valence-electron chi connectivity index (χ1n) is 18.6. The quantitative estimate of drug-likeness (QED) is 0.169. The molecule has 264 valence electrons. The standard InChI is InChI=1S/C51H36F2N2/c1-51(2)47-31-43(54(39-17-9-15-37(52)29-39)41-23-21-33-11-3-5-13-35(33)27-41)25-26-46(47)50-45-20-8-7-19-44(45)49(32-48(50)51)55(40-18-10-16-38(53)30-40)42-24-22-34-12-4-6-14-36(34)28-42/h3-32H,1-2H3. The van der Waals surface area contributed by atoms with Gasteiger partial charge < -0.3 is 9.80 Å². The molecule has 9 aromatic rings. The lowest BCUT2D eigenvalue weighted by Gasteiger charge is -2.30. The van der Waals surface area contributed by atoms with E-state index in [1.54, 1.807) is 24.3 Å². The van der Waals surface area contributed by atoms with Gasteiger partial charge in [-0.3, -0.25) is 0 Å². The fourth-order valence-electron chi connectivity index (χ4n) is 8.61. The number of hydrogen-bond acceptors (Lipinski definition) is 2. The second kappa shape index (κ2) is 12.7. The van der Waals surface area contributed by atoms with E-state index in [-0.39, 0.29) is 11.6 Å². The first-order valence-corrected chi connectivity index (χ1v) is 18.6. The zero-order valence-corrected chi connectivity index (χ0v) is 30.5. The molecular weight excluding hydrogens is 679 g/mol. The number of hydrogen-bond donors (Lipinski definition) is 0. The molecule has 0 aromatic heterocycles. The van der Waals surface area contributed by atoms with Crippen LogP contribution in [0.2, 0.25) is 0 Å². The molecule has 0 amide bonds. The molecular formula is C51H36F2N2. The fourth-order valence-corrected chi connectivity index (χ4v) is 8.61. The monoisotopic (exact) mass is 714 g/mol. The summed E-state index contributed by atoms with van der Waals surface area (Å²) in [6.07, 6.45) is 0. The third-order valence-electron chi connectivity index (χ3n) is 11.3. The van der Waals surface area contributed by atoms with Crippen LogP contribution in [0.15, 0.2) is 182 Å². The maximum Gasteiger partial charge on any atom is 0.125 e. The third-order valence-corrected chi connectivity index (χ3v) is 11.3. The van der Waals surface area contributed by atoms with Crippen molar-refractivity contribution in [2.24, 2.45) is 0 Å². The molecule has 4 heteroatoms. The first kappa shape index (κ1) is 32.8. The van der Waals surface area contributed by atoms with Crippen molar-refractivity contribution in [2.75, 3.05) is 9.80 Å². The van der Waals surface area contributed by atoms with E-state index in [0.717, 1.165) is 66.4 Å². The molecule has 10 rings (SSSR count). The summed E-state index contributed by atoms with van der Waals surface area (Å²) in [6.45, 7) is 4.57. The van der Waals surface area contributed by atoms with Crippen LogP contribution in [0.25, 0.3) is 43.4 Å². The number of benzene rings is 9. The van der Waals surface area contributed by atoms with E-state index in [1.165, 1.54) is 34.4 Å². The molecule has 0 saturated heterocycles. The van der Waals surface area contributed by atoms with Crippen LogP contribution in [0.1, 0.15) is 25.0 Å². The maximum atomic E-state index is 15.0. The summed E-state index contributed by atoms with van der Waals surface area (Å²) in [6, 6.07) is 60.6. The Morgan fingerprint density at radius 3 is 1.49 bits per heavy atom. The normalized spacial score (nSPS) is 12.9. The molecule has 0 unspecified atom stereocenters. The summed E-state index contributed by atoms with van der Waals surface area (Å²) in [5.41, 5.74) is 9.67. The topological polar surface area (TPSA) is 6.48 Å². The largest absolute Gasteiger partial charge is 0.310 e. The van der Waals surface area contributed by atoms with Gasteiger partial charge in [0.15, 0.2) is 0 Å². The van der Waals surface area contributed by atoms with Crippen LogP contribution < -0.4 is 9.80 Å². The highest BCUT2D eigenvalue weighted by Crippen LogP contribution is 2.56. The molecule has 2 nitrogen and oxygen atoms in total. The fraction of sp³-hybridized carbons (Fsp3) is 0.0588. The summed E-state index contributed by atoms with van der Waals surface area (Å²) in [7, 11) is 0. The van der Waals surface area contributed by atoms with E-state index in [9.17, 15) is 4.39 Å². The average Bonchev–Trinajstić information content (AvgIpc) is 3.43. The lowest BCUT2D eigenvalue weighted by Crippen LogP contribution is -2.18. The van der Waals surface area contributed by atoms with Crippen molar-refractivity contribution >= 4 is 66.4 Å². The predicted octanol–water partition coefficient (Wildman–Crippen LogP) is 14.7.